The number of hydrogen-bond donors (Lipinski definition) is 1. The van der Waals surface area contributed by atoms with E-state index < -0.39 is 0 Å². The Morgan fingerprint density at radius 1 is 1.32 bits per heavy atom. The van der Waals surface area contributed by atoms with Gasteiger partial charge in [0.25, 0.3) is 5.91 Å². The van der Waals surface area contributed by atoms with Crippen molar-refractivity contribution in [3.8, 4) is 0 Å². The molecule has 1 aromatic heterocycles. The van der Waals surface area contributed by atoms with Crippen LogP contribution in [0.1, 0.15) is 46.6 Å². The third-order valence-corrected chi connectivity index (χ3v) is 6.14. The number of hydrogen-bond acceptors (Lipinski definition) is 5. The van der Waals surface area contributed by atoms with E-state index in [0.29, 0.717) is 6.04 Å². The molecule has 2 fully saturated rings. The number of rotatable bonds is 3. The number of amides is 1. The van der Waals surface area contributed by atoms with E-state index in [-0.39, 0.29) is 12.0 Å². The van der Waals surface area contributed by atoms with Gasteiger partial charge in [0.2, 0.25) is 0 Å². The average Bonchev–Trinajstić information content (AvgIpc) is 3.12. The Hall–Kier alpha value is -0.980. The highest BCUT2D eigenvalue weighted by Gasteiger charge is 2.34. The van der Waals surface area contributed by atoms with E-state index in [0.717, 1.165) is 67.4 Å². The van der Waals surface area contributed by atoms with Crippen LogP contribution in [0.4, 0.5) is 0 Å². The molecule has 1 amide bonds. The Balaban J connectivity index is 1.61. The second-order valence-electron chi connectivity index (χ2n) is 6.27. The minimum Gasteiger partial charge on any atom is -0.391 e. The molecule has 22 heavy (non-hydrogen) atoms. The van der Waals surface area contributed by atoms with E-state index >= 15 is 0 Å². The van der Waals surface area contributed by atoms with Crippen LogP contribution in [-0.2, 0) is 6.42 Å². The van der Waals surface area contributed by atoms with Crippen molar-refractivity contribution in [3.05, 3.63) is 15.6 Å². The lowest BCUT2D eigenvalue weighted by Crippen LogP contribution is -2.53. The highest BCUT2D eigenvalue weighted by molar-refractivity contribution is 7.13. The van der Waals surface area contributed by atoms with Gasteiger partial charge >= 0.3 is 0 Å². The standard InChI is InChI=1S/C16H25N3O2S/c1-3-14-17-11(2)15(22-14)16(21)19-9-7-18(8-10-19)12-5-4-6-13(12)20/h12-13,20H,3-10H2,1-2H3. The Kier molecular flexibility index (Phi) is 4.80. The van der Waals surface area contributed by atoms with Crippen LogP contribution in [0.15, 0.2) is 0 Å². The Labute approximate surface area is 135 Å². The van der Waals surface area contributed by atoms with Crippen molar-refractivity contribution in [2.45, 2.75) is 51.7 Å². The van der Waals surface area contributed by atoms with Crippen LogP contribution in [0.2, 0.25) is 0 Å². The van der Waals surface area contributed by atoms with Gasteiger partial charge in [-0.3, -0.25) is 9.69 Å². The molecule has 122 valence electrons. The van der Waals surface area contributed by atoms with Crippen LogP contribution in [-0.4, -0.2) is 64.1 Å². The Bertz CT molecular complexity index is 537. The monoisotopic (exact) mass is 323 g/mol. The number of aryl methyl sites for hydroxylation is 2. The zero-order valence-electron chi connectivity index (χ0n) is 13.4. The predicted molar refractivity (Wildman–Crippen MR) is 87.4 cm³/mol. The summed E-state index contributed by atoms with van der Waals surface area (Å²) in [7, 11) is 0. The molecule has 0 bridgehead atoms. The second-order valence-corrected chi connectivity index (χ2v) is 7.35. The number of aliphatic hydroxyl groups excluding tert-OH is 1. The first-order chi connectivity index (χ1) is 10.6. The quantitative estimate of drug-likeness (QED) is 0.919. The third kappa shape index (κ3) is 3.05. The van der Waals surface area contributed by atoms with Crippen LogP contribution in [0.25, 0.3) is 0 Å². The van der Waals surface area contributed by atoms with Gasteiger partial charge in [-0.2, -0.15) is 0 Å². The number of piperazine rings is 1. The maximum Gasteiger partial charge on any atom is 0.265 e. The SMILES string of the molecule is CCc1nc(C)c(C(=O)N2CCN(C3CCCC3O)CC2)s1. The first kappa shape index (κ1) is 15.9. The first-order valence-corrected chi connectivity index (χ1v) is 9.09. The van der Waals surface area contributed by atoms with E-state index in [4.69, 9.17) is 0 Å². The molecule has 6 heteroatoms. The summed E-state index contributed by atoms with van der Waals surface area (Å²) < 4.78 is 0. The number of aromatic nitrogens is 1. The maximum absolute atomic E-state index is 12.7. The van der Waals surface area contributed by atoms with Crippen LogP contribution >= 0.6 is 11.3 Å². The van der Waals surface area contributed by atoms with Crippen LogP contribution in [0.5, 0.6) is 0 Å². The van der Waals surface area contributed by atoms with Crippen molar-refractivity contribution < 1.29 is 9.90 Å². The van der Waals surface area contributed by atoms with Crippen molar-refractivity contribution >= 4 is 17.2 Å². The normalized spacial score (nSPS) is 26.6. The minimum absolute atomic E-state index is 0.126. The van der Waals surface area contributed by atoms with Crippen molar-refractivity contribution in [2.75, 3.05) is 26.2 Å². The summed E-state index contributed by atoms with van der Waals surface area (Å²) >= 11 is 1.53. The van der Waals surface area contributed by atoms with Gasteiger partial charge in [0, 0.05) is 32.2 Å². The molecule has 2 atom stereocenters. The van der Waals surface area contributed by atoms with Gasteiger partial charge in [-0.25, -0.2) is 4.98 Å². The number of carbonyl (C=O) groups is 1. The lowest BCUT2D eigenvalue weighted by molar-refractivity contribution is 0.0317. The summed E-state index contributed by atoms with van der Waals surface area (Å²) in [5.41, 5.74) is 0.862. The Morgan fingerprint density at radius 3 is 2.59 bits per heavy atom. The molecular formula is C16H25N3O2S. The van der Waals surface area contributed by atoms with Gasteiger partial charge in [-0.1, -0.05) is 6.92 Å². The fraction of sp³-hybridized carbons (Fsp3) is 0.750. The van der Waals surface area contributed by atoms with Gasteiger partial charge < -0.3 is 10.0 Å². The fourth-order valence-corrected chi connectivity index (χ4v) is 4.52. The third-order valence-electron chi connectivity index (χ3n) is 4.85. The molecule has 0 radical (unpaired) electrons. The average molecular weight is 323 g/mol. The molecule has 2 heterocycles. The van der Waals surface area contributed by atoms with Crippen molar-refractivity contribution in [1.29, 1.82) is 0 Å². The predicted octanol–water partition coefficient (Wildman–Crippen LogP) is 1.69. The molecule has 2 aliphatic rings. The van der Waals surface area contributed by atoms with E-state index in [1.54, 1.807) is 0 Å². The van der Waals surface area contributed by atoms with E-state index in [9.17, 15) is 9.90 Å². The lowest BCUT2D eigenvalue weighted by Gasteiger charge is -2.39. The molecule has 1 N–H and O–H groups in total. The fourth-order valence-electron chi connectivity index (χ4n) is 3.55. The smallest absolute Gasteiger partial charge is 0.265 e. The van der Waals surface area contributed by atoms with Gasteiger partial charge in [0.15, 0.2) is 0 Å². The second kappa shape index (κ2) is 6.64. The maximum atomic E-state index is 12.7. The van der Waals surface area contributed by atoms with Crippen molar-refractivity contribution in [2.24, 2.45) is 0 Å². The van der Waals surface area contributed by atoms with E-state index in [1.165, 1.54) is 11.3 Å². The molecule has 0 aromatic carbocycles. The first-order valence-electron chi connectivity index (χ1n) is 8.27. The Morgan fingerprint density at radius 2 is 2.05 bits per heavy atom. The summed E-state index contributed by atoms with van der Waals surface area (Å²) in [5, 5.41) is 11.1. The van der Waals surface area contributed by atoms with Crippen molar-refractivity contribution in [3.63, 3.8) is 0 Å². The number of thiazole rings is 1. The molecule has 1 saturated carbocycles. The topological polar surface area (TPSA) is 56.7 Å². The zero-order chi connectivity index (χ0) is 15.7. The molecule has 1 aromatic rings. The molecule has 1 saturated heterocycles. The molecule has 1 aliphatic carbocycles. The van der Waals surface area contributed by atoms with Gasteiger partial charge in [-0.15, -0.1) is 11.3 Å². The van der Waals surface area contributed by atoms with Gasteiger partial charge in [-0.05, 0) is 32.6 Å². The molecule has 3 rings (SSSR count). The number of nitrogens with zero attached hydrogens (tertiary/aromatic N) is 3. The summed E-state index contributed by atoms with van der Waals surface area (Å²) in [4.78, 5) is 22.2. The van der Waals surface area contributed by atoms with Crippen LogP contribution < -0.4 is 0 Å². The van der Waals surface area contributed by atoms with E-state index in [2.05, 4.69) is 16.8 Å². The largest absolute Gasteiger partial charge is 0.391 e. The van der Waals surface area contributed by atoms with E-state index in [1.807, 2.05) is 11.8 Å². The van der Waals surface area contributed by atoms with Crippen molar-refractivity contribution in [1.82, 2.24) is 14.8 Å². The number of aliphatic hydroxyl groups is 1. The van der Waals surface area contributed by atoms with Gasteiger partial charge in [0.05, 0.1) is 16.8 Å². The molecular weight excluding hydrogens is 298 g/mol. The summed E-state index contributed by atoms with van der Waals surface area (Å²) in [5.74, 6) is 0.126. The molecule has 2 unspecified atom stereocenters. The summed E-state index contributed by atoms with van der Waals surface area (Å²) in [6.45, 7) is 7.23. The molecule has 0 spiro atoms. The zero-order valence-corrected chi connectivity index (χ0v) is 14.2. The lowest BCUT2D eigenvalue weighted by atomic mass is 10.1. The van der Waals surface area contributed by atoms with Crippen LogP contribution in [0, 0.1) is 6.92 Å². The highest BCUT2D eigenvalue weighted by atomic mass is 32.1. The summed E-state index contributed by atoms with van der Waals surface area (Å²) in [6, 6.07) is 0.300. The molecule has 5 nitrogen and oxygen atoms in total. The summed E-state index contributed by atoms with van der Waals surface area (Å²) in [6.07, 6.45) is 3.82. The van der Waals surface area contributed by atoms with Crippen LogP contribution in [0.3, 0.4) is 0 Å². The minimum atomic E-state index is -0.182. The highest BCUT2D eigenvalue weighted by Crippen LogP contribution is 2.26. The molecule has 1 aliphatic heterocycles. The number of carbonyl (C=O) groups excluding carboxylic acids is 1. The van der Waals surface area contributed by atoms with Gasteiger partial charge in [0.1, 0.15) is 4.88 Å².